The van der Waals surface area contributed by atoms with Gasteiger partial charge in [-0.3, -0.25) is 28.8 Å². The monoisotopic (exact) mass is 899 g/mol. The second kappa shape index (κ2) is 16.4. The number of carboxylic acid groups (broad SMARTS) is 1. The van der Waals surface area contributed by atoms with Gasteiger partial charge in [0, 0.05) is 45.7 Å². The van der Waals surface area contributed by atoms with Gasteiger partial charge in [0.15, 0.2) is 29.1 Å². The quantitative estimate of drug-likeness (QED) is 0.150. The normalized spacial score (nSPS) is 33.4. The first kappa shape index (κ1) is 43.0. The van der Waals surface area contributed by atoms with E-state index in [4.69, 9.17) is 14.6 Å². The fraction of sp³-hybridized carbons (Fsp3) is 0.524. The number of allylic oxidation sites excluding steroid dienone is 4. The Bertz CT molecular complexity index is 2110. The van der Waals surface area contributed by atoms with Crippen molar-refractivity contribution in [3.05, 3.63) is 75.5 Å². The molecule has 1 aromatic carbocycles. The topological polar surface area (TPSA) is 218 Å². The van der Waals surface area contributed by atoms with Gasteiger partial charge in [0.25, 0.3) is 0 Å². The minimum atomic E-state index is -2.10. The van der Waals surface area contributed by atoms with Crippen LogP contribution < -0.4 is 16.0 Å². The first-order valence-electron chi connectivity index (χ1n) is 19.6. The van der Waals surface area contributed by atoms with E-state index in [0.717, 1.165) is 10.4 Å². The number of fused-ring (bicyclic) bond motifs is 7. The zero-order valence-electron chi connectivity index (χ0n) is 32.5. The summed E-state index contributed by atoms with van der Waals surface area (Å²) < 4.78 is 30.9. The van der Waals surface area contributed by atoms with Crippen molar-refractivity contribution in [2.24, 2.45) is 22.7 Å². The van der Waals surface area contributed by atoms with Crippen molar-refractivity contribution in [2.75, 3.05) is 23.8 Å². The number of thiophene rings is 1. The Morgan fingerprint density at radius 1 is 1.10 bits per heavy atom. The van der Waals surface area contributed by atoms with Crippen LogP contribution in [0.25, 0.3) is 0 Å². The first-order chi connectivity index (χ1) is 28.0. The summed E-state index contributed by atoms with van der Waals surface area (Å²) in [5.41, 5.74) is -3.35. The number of aliphatic hydroxyl groups excluding tert-OH is 2. The van der Waals surface area contributed by atoms with Crippen molar-refractivity contribution in [3.8, 4) is 0 Å². The third-order valence-corrected chi connectivity index (χ3v) is 14.8. The van der Waals surface area contributed by atoms with Crippen LogP contribution in [-0.2, 0) is 44.7 Å². The zero-order chi connectivity index (χ0) is 42.5. The summed E-state index contributed by atoms with van der Waals surface area (Å²) in [7, 11) is 0. The molecule has 2 heterocycles. The summed E-state index contributed by atoms with van der Waals surface area (Å²) in [5, 5.41) is 40.7. The number of carbonyl (C=O) groups is 6. The number of Topliss-reactive ketones (excluding diaryl/α,β-unsaturated/α-hetero) is 1. The van der Waals surface area contributed by atoms with Crippen LogP contribution >= 0.6 is 27.3 Å². The van der Waals surface area contributed by atoms with Gasteiger partial charge >= 0.3 is 5.97 Å². The number of alkyl halides is 2. The molecule has 2 aromatic rings. The van der Waals surface area contributed by atoms with Crippen molar-refractivity contribution in [1.29, 1.82) is 0 Å². The van der Waals surface area contributed by atoms with Gasteiger partial charge in [-0.2, -0.15) is 0 Å². The number of nitrogens with one attached hydrogen (secondary N) is 3. The average Bonchev–Trinajstić information content (AvgIpc) is 3.89. The van der Waals surface area contributed by atoms with Crippen LogP contribution in [0.1, 0.15) is 74.7 Å². The molecular weight excluding hydrogens is 853 g/mol. The molecule has 59 heavy (non-hydrogen) atoms. The van der Waals surface area contributed by atoms with Crippen molar-refractivity contribution in [2.45, 2.75) is 94.6 Å². The summed E-state index contributed by atoms with van der Waals surface area (Å²) in [4.78, 5) is 75.1. The highest BCUT2D eigenvalue weighted by atomic mass is 79.9. The van der Waals surface area contributed by atoms with E-state index < -0.39 is 94.6 Å². The van der Waals surface area contributed by atoms with E-state index in [1.165, 1.54) is 23.5 Å². The molecule has 4 aliphatic carbocycles. The number of carboxylic acids is 1. The number of ketones is 2. The highest BCUT2D eigenvalue weighted by molar-refractivity contribution is 9.09. The number of benzene rings is 1. The van der Waals surface area contributed by atoms with E-state index in [0.29, 0.717) is 42.5 Å². The van der Waals surface area contributed by atoms with Crippen LogP contribution in [0.5, 0.6) is 0 Å². The number of rotatable bonds is 14. The van der Waals surface area contributed by atoms with Gasteiger partial charge in [-0.15, -0.1) is 11.3 Å². The molecule has 3 amide bonds. The lowest BCUT2D eigenvalue weighted by molar-refractivity contribution is -0.231. The van der Waals surface area contributed by atoms with Gasteiger partial charge in [0.1, 0.15) is 12.6 Å². The van der Waals surface area contributed by atoms with Gasteiger partial charge in [-0.1, -0.05) is 46.6 Å². The molecule has 17 heteroatoms. The molecule has 6 N–H and O–H groups in total. The van der Waals surface area contributed by atoms with Gasteiger partial charge in [0.2, 0.25) is 17.7 Å². The van der Waals surface area contributed by atoms with Crippen molar-refractivity contribution >= 4 is 68.2 Å². The lowest BCUT2D eigenvalue weighted by Crippen LogP contribution is -2.69. The largest absolute Gasteiger partial charge is 0.481 e. The molecule has 0 unspecified atom stereocenters. The second-order valence-electron chi connectivity index (χ2n) is 16.6. The lowest BCUT2D eigenvalue weighted by atomic mass is 9.44. The fourth-order valence-corrected chi connectivity index (χ4v) is 11.6. The summed E-state index contributed by atoms with van der Waals surface area (Å²) in [6, 6.07) is 7.73. The van der Waals surface area contributed by atoms with Crippen LogP contribution in [-0.4, -0.2) is 98.6 Å². The van der Waals surface area contributed by atoms with E-state index >= 15 is 4.39 Å². The molecule has 1 aliphatic heterocycles. The number of halogens is 2. The standard InChI is InChI=1S/C42H47BrFN3O11S/c1-39-12-11-26(49)15-24(39)5-8-28-29-16-33-42(32(51)20-48,40(29,2)17-31(50)41(28,39)44)58-38(57-33)23-14-27(59-21-23)13-22-3-6-25(7-4-22)46-37(56)30(9-10-36(54)55)47-35(53)19-45-34(52)18-43/h3-4,6-7,11-12,14-15,21,28-31,33,38,48,50H,5,8-10,13,16-20H2,1-2H3,(H,45,52)(H,46,56)(H,47,53)(H,54,55)/t28-,29-,30-,31-,33+,38+,39-,40-,41-,42+/m0/s1. The predicted octanol–water partition coefficient (Wildman–Crippen LogP) is 3.83. The number of aliphatic hydroxyl groups is 2. The van der Waals surface area contributed by atoms with Gasteiger partial charge in [0.05, 0.1) is 24.1 Å². The third-order valence-electron chi connectivity index (χ3n) is 13.4. The highest BCUT2D eigenvalue weighted by Crippen LogP contribution is 2.72. The molecule has 0 spiro atoms. The Hall–Kier alpha value is -4.13. The Balaban J connectivity index is 1.02. The smallest absolute Gasteiger partial charge is 0.303 e. The van der Waals surface area contributed by atoms with E-state index in [2.05, 4.69) is 31.9 Å². The molecule has 4 fully saturated rings. The maximum atomic E-state index is 17.7. The number of carbonyl (C=O) groups excluding carboxylic acids is 5. The fourth-order valence-electron chi connectivity index (χ4n) is 10.5. The highest BCUT2D eigenvalue weighted by Gasteiger charge is 2.79. The summed E-state index contributed by atoms with van der Waals surface area (Å²) in [6.45, 7) is 2.39. The third kappa shape index (κ3) is 7.41. The number of amides is 3. The van der Waals surface area contributed by atoms with Gasteiger partial charge in [-0.05, 0) is 86.2 Å². The van der Waals surface area contributed by atoms with Gasteiger partial charge < -0.3 is 40.7 Å². The number of anilines is 1. The SMILES string of the molecule is C[C@]12C=CC(=O)C=C1CC[C@H]1[C@@H]3C[C@H]4O[C@@H](c5csc(Cc6ccc(NC(=O)[C@H](CCC(=O)O)NC(=O)CNC(=O)CBr)cc6)c5)O[C@@]4(C(=O)CO)[C@@]3(C)C[C@H](O)[C@@]12F. The summed E-state index contributed by atoms with van der Waals surface area (Å²) >= 11 is 4.43. The van der Waals surface area contributed by atoms with E-state index in [1.807, 2.05) is 30.5 Å². The lowest BCUT2D eigenvalue weighted by Gasteiger charge is -2.62. The van der Waals surface area contributed by atoms with Crippen LogP contribution in [0.4, 0.5) is 10.1 Å². The Kier molecular flexibility index (Phi) is 11.9. The molecule has 5 aliphatic rings. The molecule has 3 saturated carbocycles. The number of hydrogen-bond donors (Lipinski definition) is 6. The van der Waals surface area contributed by atoms with Crippen LogP contribution in [0.2, 0.25) is 0 Å². The maximum absolute atomic E-state index is 17.7. The predicted molar refractivity (Wildman–Crippen MR) is 215 cm³/mol. The number of aliphatic carboxylic acids is 1. The number of ether oxygens (including phenoxy) is 2. The molecule has 1 saturated heterocycles. The molecule has 1 aromatic heterocycles. The minimum absolute atomic E-state index is 0.00803. The Morgan fingerprint density at radius 2 is 1.85 bits per heavy atom. The molecular formula is C42H47BrFN3O11S. The van der Waals surface area contributed by atoms with Crippen molar-refractivity contribution < 1.29 is 58.0 Å². The van der Waals surface area contributed by atoms with E-state index in [-0.39, 0.29) is 36.9 Å². The molecule has 7 rings (SSSR count). The maximum Gasteiger partial charge on any atom is 0.303 e. The summed E-state index contributed by atoms with van der Waals surface area (Å²) in [6.07, 6.45) is 2.20. The minimum Gasteiger partial charge on any atom is -0.481 e. The van der Waals surface area contributed by atoms with E-state index in [1.54, 1.807) is 25.1 Å². The Labute approximate surface area is 352 Å². The van der Waals surface area contributed by atoms with Crippen LogP contribution in [0, 0.1) is 22.7 Å². The average molecular weight is 901 g/mol. The van der Waals surface area contributed by atoms with Crippen molar-refractivity contribution in [1.82, 2.24) is 10.6 Å². The summed E-state index contributed by atoms with van der Waals surface area (Å²) in [5.74, 6) is -4.69. The molecule has 14 nitrogen and oxygen atoms in total. The number of hydrogen-bond acceptors (Lipinski definition) is 11. The first-order valence-corrected chi connectivity index (χ1v) is 21.6. The molecule has 316 valence electrons. The molecule has 10 atom stereocenters. The van der Waals surface area contributed by atoms with Crippen LogP contribution in [0.3, 0.4) is 0 Å². The molecule has 0 radical (unpaired) electrons. The van der Waals surface area contributed by atoms with E-state index in [9.17, 15) is 39.0 Å². The van der Waals surface area contributed by atoms with Gasteiger partial charge in [-0.25, -0.2) is 4.39 Å². The van der Waals surface area contributed by atoms with Crippen molar-refractivity contribution in [3.63, 3.8) is 0 Å². The molecule has 0 bridgehead atoms. The van der Waals surface area contributed by atoms with Crippen LogP contribution in [0.15, 0.2) is 59.5 Å². The second-order valence-corrected chi connectivity index (χ2v) is 18.1. The zero-order valence-corrected chi connectivity index (χ0v) is 34.9. The Morgan fingerprint density at radius 3 is 2.54 bits per heavy atom.